The van der Waals surface area contributed by atoms with Gasteiger partial charge < -0.3 is 19.4 Å². The van der Waals surface area contributed by atoms with Crippen molar-refractivity contribution in [1.29, 1.82) is 0 Å². The van der Waals surface area contributed by atoms with Crippen LogP contribution in [0.5, 0.6) is 0 Å². The molecule has 4 nitrogen and oxygen atoms in total. The number of rotatable bonds is 3. The lowest BCUT2D eigenvalue weighted by Gasteiger charge is -2.40. The minimum Gasteiger partial charge on any atom is -0.409 e. The fourth-order valence-electron chi connectivity index (χ4n) is 1.97. The van der Waals surface area contributed by atoms with Crippen molar-refractivity contribution in [2.45, 2.75) is 69.6 Å². The van der Waals surface area contributed by atoms with E-state index >= 15 is 0 Å². The Bertz CT molecular complexity index is 305. The molecule has 0 aromatic carbocycles. The average Bonchev–Trinajstić information content (AvgIpc) is 2.41. The molecule has 1 heterocycles. The van der Waals surface area contributed by atoms with Crippen LogP contribution >= 0.6 is 0 Å². The second-order valence-corrected chi connectivity index (χ2v) is 11.8. The number of hydrogen-bond acceptors (Lipinski definition) is 4. The number of hydrogen-bond donors (Lipinski definition) is 2. The molecule has 0 aromatic rings. The first kappa shape index (κ1) is 16.2. The van der Waals surface area contributed by atoms with E-state index in [0.717, 1.165) is 0 Å². The van der Waals surface area contributed by atoms with Crippen LogP contribution in [0.3, 0.4) is 0 Å². The van der Waals surface area contributed by atoms with Crippen LogP contribution in [0.4, 0.5) is 0 Å². The Labute approximate surface area is 112 Å². The normalized spacial score (nSPS) is 38.1. The van der Waals surface area contributed by atoms with Gasteiger partial charge in [-0.2, -0.15) is 0 Å². The van der Waals surface area contributed by atoms with E-state index in [1.54, 1.807) is 6.92 Å². The van der Waals surface area contributed by atoms with Crippen molar-refractivity contribution < 1.29 is 19.4 Å². The van der Waals surface area contributed by atoms with E-state index in [0.29, 0.717) is 0 Å². The van der Waals surface area contributed by atoms with Crippen LogP contribution < -0.4 is 0 Å². The third-order valence-electron chi connectivity index (χ3n) is 4.41. The highest BCUT2D eigenvalue weighted by atomic mass is 28.4. The van der Waals surface area contributed by atoms with Gasteiger partial charge in [0, 0.05) is 0 Å². The maximum Gasteiger partial charge on any atom is 0.192 e. The largest absolute Gasteiger partial charge is 0.409 e. The van der Waals surface area contributed by atoms with Crippen molar-refractivity contribution in [3.05, 3.63) is 0 Å². The van der Waals surface area contributed by atoms with Gasteiger partial charge in [0.1, 0.15) is 19.6 Å². The molecular formula is C12H27BO4Si. The van der Waals surface area contributed by atoms with Crippen molar-refractivity contribution in [2.75, 3.05) is 6.61 Å². The molecule has 18 heavy (non-hydrogen) atoms. The SMILES string of the molecule is B[C@@H]1O[C@](C)(CO)C(O)[C@@H]1O[Si](C)(C)C(C)(C)C. The fraction of sp³-hybridized carbons (Fsp3) is 1.00. The van der Waals surface area contributed by atoms with E-state index in [-0.39, 0.29) is 23.8 Å². The zero-order valence-electron chi connectivity index (χ0n) is 12.7. The summed E-state index contributed by atoms with van der Waals surface area (Å²) in [6.07, 6.45) is -1.14. The van der Waals surface area contributed by atoms with Crippen LogP contribution in [0.25, 0.3) is 0 Å². The highest BCUT2D eigenvalue weighted by molar-refractivity contribution is 6.74. The smallest absolute Gasteiger partial charge is 0.192 e. The second-order valence-electron chi connectivity index (χ2n) is 7.08. The third kappa shape index (κ3) is 2.83. The third-order valence-corrected chi connectivity index (χ3v) is 8.88. The number of ether oxygens (including phenoxy) is 1. The van der Waals surface area contributed by atoms with Crippen LogP contribution in [-0.4, -0.2) is 56.8 Å². The van der Waals surface area contributed by atoms with Crippen molar-refractivity contribution in [3.8, 4) is 0 Å². The van der Waals surface area contributed by atoms with Crippen LogP contribution in [0, 0.1) is 0 Å². The van der Waals surface area contributed by atoms with Gasteiger partial charge in [-0.1, -0.05) is 20.8 Å². The predicted molar refractivity (Wildman–Crippen MR) is 77.0 cm³/mol. The van der Waals surface area contributed by atoms with E-state index in [1.807, 2.05) is 7.85 Å². The predicted octanol–water partition coefficient (Wildman–Crippen LogP) is 0.478. The molecule has 4 atom stereocenters. The molecule has 2 N–H and O–H groups in total. The molecule has 1 unspecified atom stereocenters. The molecule has 0 saturated carbocycles. The van der Waals surface area contributed by atoms with Gasteiger partial charge in [0.25, 0.3) is 0 Å². The summed E-state index contributed by atoms with van der Waals surface area (Å²) in [6.45, 7) is 12.3. The zero-order valence-corrected chi connectivity index (χ0v) is 13.7. The standard InChI is InChI=1S/C12H27BO4Si/c1-11(2,3)18(5,6)17-8-9(15)12(4,7-14)16-10(8)13/h8-10,14-15H,7,13H2,1-6H3/t8-,9?,10+,12+/m0/s1. The van der Waals surface area contributed by atoms with Crippen LogP contribution in [-0.2, 0) is 9.16 Å². The molecule has 0 radical (unpaired) electrons. The summed E-state index contributed by atoms with van der Waals surface area (Å²) in [5.74, 6) is 0. The van der Waals surface area contributed by atoms with E-state index < -0.39 is 20.0 Å². The van der Waals surface area contributed by atoms with E-state index in [9.17, 15) is 10.2 Å². The Morgan fingerprint density at radius 3 is 2.22 bits per heavy atom. The monoisotopic (exact) mass is 274 g/mol. The summed E-state index contributed by atoms with van der Waals surface area (Å²) in [5.41, 5.74) is -0.910. The number of aliphatic hydroxyl groups is 2. The maximum absolute atomic E-state index is 10.3. The molecule has 1 aliphatic heterocycles. The van der Waals surface area contributed by atoms with Crippen molar-refractivity contribution >= 4 is 16.2 Å². The fourth-order valence-corrected chi connectivity index (χ4v) is 3.33. The summed E-state index contributed by atoms with van der Waals surface area (Å²) in [4.78, 5) is 0. The second kappa shape index (κ2) is 4.90. The van der Waals surface area contributed by atoms with Gasteiger partial charge in [-0.15, -0.1) is 0 Å². The molecule has 1 fully saturated rings. The minimum atomic E-state index is -1.95. The first-order valence-electron chi connectivity index (χ1n) is 6.59. The Morgan fingerprint density at radius 2 is 1.89 bits per heavy atom. The first-order chi connectivity index (χ1) is 7.94. The number of aliphatic hydroxyl groups excluding tert-OH is 2. The molecule has 1 saturated heterocycles. The quantitative estimate of drug-likeness (QED) is 0.735. The molecule has 0 aliphatic carbocycles. The Kier molecular flexibility index (Phi) is 4.41. The molecule has 0 amide bonds. The summed E-state index contributed by atoms with van der Waals surface area (Å²) in [5, 5.41) is 19.8. The van der Waals surface area contributed by atoms with Gasteiger partial charge in [0.05, 0.1) is 18.7 Å². The minimum absolute atomic E-state index is 0.0879. The van der Waals surface area contributed by atoms with Gasteiger partial charge in [-0.25, -0.2) is 0 Å². The molecule has 0 spiro atoms. The van der Waals surface area contributed by atoms with Crippen LogP contribution in [0.2, 0.25) is 18.1 Å². The topological polar surface area (TPSA) is 58.9 Å². The average molecular weight is 274 g/mol. The lowest BCUT2D eigenvalue weighted by Crippen LogP contribution is -2.51. The van der Waals surface area contributed by atoms with Crippen LogP contribution in [0.1, 0.15) is 27.7 Å². The summed E-state index contributed by atoms with van der Waals surface area (Å²) < 4.78 is 11.9. The maximum atomic E-state index is 10.3. The lowest BCUT2D eigenvalue weighted by molar-refractivity contribution is -0.0862. The first-order valence-corrected chi connectivity index (χ1v) is 9.50. The molecular weight excluding hydrogens is 247 g/mol. The van der Waals surface area contributed by atoms with E-state index in [1.165, 1.54) is 0 Å². The molecule has 6 heteroatoms. The highest BCUT2D eigenvalue weighted by Gasteiger charge is 2.53. The summed E-state index contributed by atoms with van der Waals surface area (Å²) in [6, 6.07) is -0.203. The van der Waals surface area contributed by atoms with E-state index in [4.69, 9.17) is 9.16 Å². The summed E-state index contributed by atoms with van der Waals surface area (Å²) in [7, 11) is -0.0596. The summed E-state index contributed by atoms with van der Waals surface area (Å²) >= 11 is 0. The molecule has 1 rings (SSSR count). The van der Waals surface area contributed by atoms with Gasteiger partial charge in [-0.05, 0) is 25.1 Å². The molecule has 106 valence electrons. The highest BCUT2D eigenvalue weighted by Crippen LogP contribution is 2.41. The van der Waals surface area contributed by atoms with Crippen molar-refractivity contribution in [1.82, 2.24) is 0 Å². The molecule has 0 aromatic heterocycles. The Hall–Kier alpha value is 0.122. The van der Waals surface area contributed by atoms with E-state index in [2.05, 4.69) is 33.9 Å². The van der Waals surface area contributed by atoms with Crippen molar-refractivity contribution in [2.24, 2.45) is 0 Å². The molecule has 1 aliphatic rings. The van der Waals surface area contributed by atoms with Gasteiger partial charge >= 0.3 is 0 Å². The van der Waals surface area contributed by atoms with Gasteiger partial charge in [0.2, 0.25) is 0 Å². The lowest BCUT2D eigenvalue weighted by atomic mass is 9.90. The van der Waals surface area contributed by atoms with Gasteiger partial charge in [-0.3, -0.25) is 0 Å². The zero-order chi connectivity index (χ0) is 14.4. The molecule has 0 bridgehead atoms. The van der Waals surface area contributed by atoms with Gasteiger partial charge in [0.15, 0.2) is 8.32 Å². The van der Waals surface area contributed by atoms with Crippen molar-refractivity contribution in [3.63, 3.8) is 0 Å². The Balaban J connectivity index is 2.86. The van der Waals surface area contributed by atoms with Crippen LogP contribution in [0.15, 0.2) is 0 Å². The Morgan fingerprint density at radius 1 is 1.39 bits per heavy atom.